The summed E-state index contributed by atoms with van der Waals surface area (Å²) in [5.41, 5.74) is 1.68. The maximum atomic E-state index is 9.78. The number of methoxy groups -OCH3 is 2. The van der Waals surface area contributed by atoms with Crippen LogP contribution in [0.3, 0.4) is 0 Å². The van der Waals surface area contributed by atoms with Crippen molar-refractivity contribution in [1.29, 1.82) is 10.7 Å². The molecule has 0 radical (unpaired) electrons. The minimum absolute atomic E-state index is 0.0739. The fraction of sp³-hybridized carbons (Fsp3) is 0.190. The number of pyridine rings is 1. The average Bonchev–Trinajstić information content (AvgIpc) is 2.72. The Labute approximate surface area is 170 Å². The fourth-order valence-corrected chi connectivity index (χ4v) is 4.26. The second-order valence-electron chi connectivity index (χ2n) is 6.37. The Kier molecular flexibility index (Phi) is 4.65. The van der Waals surface area contributed by atoms with Crippen molar-refractivity contribution in [2.24, 2.45) is 5.92 Å². The van der Waals surface area contributed by atoms with Crippen LogP contribution in [0.15, 0.2) is 47.2 Å². The van der Waals surface area contributed by atoms with Crippen LogP contribution in [0.1, 0.15) is 17.0 Å². The van der Waals surface area contributed by atoms with E-state index in [1.165, 1.54) is 0 Å². The highest BCUT2D eigenvalue weighted by Crippen LogP contribution is 2.48. The normalized spacial score (nSPS) is 18.1. The van der Waals surface area contributed by atoms with E-state index in [1.807, 2.05) is 30.3 Å². The first-order valence-corrected chi connectivity index (χ1v) is 9.32. The summed E-state index contributed by atoms with van der Waals surface area (Å²) < 4.78 is 17.4. The number of hydrogen-bond donors (Lipinski definition) is 1. The van der Waals surface area contributed by atoms with Gasteiger partial charge in [-0.25, -0.2) is 0 Å². The molecule has 0 bridgehead atoms. The molecule has 1 N–H and O–H groups in total. The van der Waals surface area contributed by atoms with E-state index in [0.717, 1.165) is 21.9 Å². The highest BCUT2D eigenvalue weighted by atomic mass is 79.9. The first-order valence-electron chi connectivity index (χ1n) is 8.53. The monoisotopic (exact) mass is 437 g/mol. The van der Waals surface area contributed by atoms with Crippen LogP contribution in [0.25, 0.3) is 10.8 Å². The molecule has 28 heavy (non-hydrogen) atoms. The van der Waals surface area contributed by atoms with E-state index in [9.17, 15) is 5.26 Å². The van der Waals surface area contributed by atoms with Gasteiger partial charge in [-0.2, -0.15) is 5.26 Å². The van der Waals surface area contributed by atoms with Crippen molar-refractivity contribution >= 4 is 32.6 Å². The zero-order valence-corrected chi connectivity index (χ0v) is 16.8. The van der Waals surface area contributed by atoms with Gasteiger partial charge in [-0.3, -0.25) is 10.4 Å². The Morgan fingerprint density at radius 3 is 2.75 bits per heavy atom. The quantitative estimate of drug-likeness (QED) is 0.643. The minimum Gasteiger partial charge on any atom is -0.493 e. The molecule has 2 aromatic carbocycles. The van der Waals surface area contributed by atoms with Crippen LogP contribution in [0.4, 0.5) is 0 Å². The van der Waals surface area contributed by atoms with Gasteiger partial charge in [-0.1, -0.05) is 12.1 Å². The van der Waals surface area contributed by atoms with E-state index in [2.05, 4.69) is 27.0 Å². The Hall–Kier alpha value is -3.11. The fourth-order valence-electron chi connectivity index (χ4n) is 3.64. The lowest BCUT2D eigenvalue weighted by Crippen LogP contribution is -2.31. The first kappa shape index (κ1) is 18.3. The van der Waals surface area contributed by atoms with Crippen molar-refractivity contribution < 1.29 is 14.2 Å². The van der Waals surface area contributed by atoms with Crippen LogP contribution >= 0.6 is 15.9 Å². The molecule has 4 rings (SSSR count). The molecule has 1 aliphatic rings. The third-order valence-corrected chi connectivity index (χ3v) is 5.51. The Balaban J connectivity index is 1.98. The van der Waals surface area contributed by atoms with Crippen molar-refractivity contribution in [2.75, 3.05) is 14.2 Å². The summed E-state index contributed by atoms with van der Waals surface area (Å²) in [5, 5.41) is 19.9. The summed E-state index contributed by atoms with van der Waals surface area (Å²) in [6.07, 6.45) is 3.44. The number of aromatic nitrogens is 1. The van der Waals surface area contributed by atoms with Crippen molar-refractivity contribution in [2.45, 2.75) is 5.92 Å². The van der Waals surface area contributed by atoms with Crippen LogP contribution in [-0.4, -0.2) is 25.1 Å². The Morgan fingerprint density at radius 1 is 1.21 bits per heavy atom. The molecule has 0 spiro atoms. The standard InChI is InChI=1S/C21H16BrN3O3/c1-26-17-8-12(7-16(22)20(17)27-2)18-14-4-3-11-10-25-6-5-13(11)19(14)28-21(24)15(18)9-23/h3-8,10,15,18,24H,1-2H3. The van der Waals surface area contributed by atoms with Crippen LogP contribution in [0, 0.1) is 22.7 Å². The molecule has 3 aromatic rings. The van der Waals surface area contributed by atoms with Gasteiger partial charge in [0.05, 0.1) is 24.8 Å². The molecule has 6 nitrogen and oxygen atoms in total. The van der Waals surface area contributed by atoms with Gasteiger partial charge in [0.1, 0.15) is 11.7 Å². The lowest BCUT2D eigenvalue weighted by molar-refractivity contribution is 0.352. The molecule has 1 aliphatic heterocycles. The van der Waals surface area contributed by atoms with E-state index in [-0.39, 0.29) is 11.8 Å². The summed E-state index contributed by atoms with van der Waals surface area (Å²) in [6.45, 7) is 0. The number of benzene rings is 2. The van der Waals surface area contributed by atoms with Gasteiger partial charge in [-0.15, -0.1) is 0 Å². The highest BCUT2D eigenvalue weighted by molar-refractivity contribution is 9.10. The minimum atomic E-state index is -0.753. The number of nitrogens with zero attached hydrogens (tertiary/aromatic N) is 2. The van der Waals surface area contributed by atoms with E-state index >= 15 is 0 Å². The lowest BCUT2D eigenvalue weighted by atomic mass is 9.78. The van der Waals surface area contributed by atoms with Gasteiger partial charge in [0.2, 0.25) is 5.90 Å². The number of nitrogens with one attached hydrogen (secondary N) is 1. The van der Waals surface area contributed by atoms with Gasteiger partial charge < -0.3 is 14.2 Å². The summed E-state index contributed by atoms with van der Waals surface area (Å²) >= 11 is 3.52. The van der Waals surface area contributed by atoms with E-state index in [1.54, 1.807) is 26.6 Å². The van der Waals surface area contributed by atoms with Crippen molar-refractivity contribution in [3.05, 3.63) is 58.3 Å². The Bertz CT molecular complexity index is 1140. The van der Waals surface area contributed by atoms with E-state index < -0.39 is 5.92 Å². The summed E-state index contributed by atoms with van der Waals surface area (Å²) in [6, 6.07) is 11.7. The van der Waals surface area contributed by atoms with Crippen LogP contribution in [-0.2, 0) is 0 Å². The van der Waals surface area contributed by atoms with Gasteiger partial charge in [-0.05, 0) is 39.7 Å². The molecule has 0 amide bonds. The van der Waals surface area contributed by atoms with Gasteiger partial charge in [0.15, 0.2) is 11.5 Å². The molecule has 7 heteroatoms. The highest BCUT2D eigenvalue weighted by Gasteiger charge is 2.38. The number of fused-ring (bicyclic) bond motifs is 3. The third-order valence-electron chi connectivity index (χ3n) is 4.92. The predicted octanol–water partition coefficient (Wildman–Crippen LogP) is 4.66. The van der Waals surface area contributed by atoms with Crippen LogP contribution in [0.5, 0.6) is 17.2 Å². The smallest absolute Gasteiger partial charge is 0.205 e. The van der Waals surface area contributed by atoms with Crippen LogP contribution in [0.2, 0.25) is 0 Å². The average molecular weight is 438 g/mol. The lowest BCUT2D eigenvalue weighted by Gasteiger charge is -2.31. The van der Waals surface area contributed by atoms with Gasteiger partial charge in [0.25, 0.3) is 0 Å². The summed E-state index contributed by atoms with van der Waals surface area (Å²) in [7, 11) is 3.14. The molecule has 140 valence electrons. The zero-order chi connectivity index (χ0) is 19.8. The molecule has 1 aromatic heterocycles. The second-order valence-corrected chi connectivity index (χ2v) is 7.22. The summed E-state index contributed by atoms with van der Waals surface area (Å²) in [5.74, 6) is 0.508. The van der Waals surface area contributed by atoms with Crippen molar-refractivity contribution in [3.8, 4) is 23.3 Å². The predicted molar refractivity (Wildman–Crippen MR) is 108 cm³/mol. The van der Waals surface area contributed by atoms with Crippen LogP contribution < -0.4 is 14.2 Å². The molecule has 0 saturated heterocycles. The molecular weight excluding hydrogens is 422 g/mol. The SMILES string of the molecule is COc1cc(C2c3ccc4cnccc4c3OC(=N)C2C#N)cc(Br)c1OC. The molecule has 2 atom stereocenters. The second kappa shape index (κ2) is 7.13. The number of nitriles is 1. The van der Waals surface area contributed by atoms with E-state index in [0.29, 0.717) is 21.7 Å². The molecule has 0 aliphatic carbocycles. The topological polar surface area (TPSA) is 88.2 Å². The molecule has 2 unspecified atom stereocenters. The zero-order valence-electron chi connectivity index (χ0n) is 15.2. The maximum Gasteiger partial charge on any atom is 0.205 e. The van der Waals surface area contributed by atoms with Crippen molar-refractivity contribution in [3.63, 3.8) is 0 Å². The first-order chi connectivity index (χ1) is 13.6. The van der Waals surface area contributed by atoms with Gasteiger partial charge in [0, 0.05) is 34.6 Å². The number of ether oxygens (including phenoxy) is 3. The van der Waals surface area contributed by atoms with Crippen molar-refractivity contribution in [1.82, 2.24) is 4.98 Å². The van der Waals surface area contributed by atoms with E-state index in [4.69, 9.17) is 19.6 Å². The number of rotatable bonds is 3. The summed E-state index contributed by atoms with van der Waals surface area (Å²) in [4.78, 5) is 4.14. The number of halogens is 1. The molecular formula is C21H16BrN3O3. The largest absolute Gasteiger partial charge is 0.493 e. The molecule has 0 fully saturated rings. The number of hydrogen-bond acceptors (Lipinski definition) is 6. The maximum absolute atomic E-state index is 9.78. The Morgan fingerprint density at radius 2 is 2.04 bits per heavy atom. The third kappa shape index (κ3) is 2.77. The van der Waals surface area contributed by atoms with Gasteiger partial charge >= 0.3 is 0 Å². The molecule has 0 saturated carbocycles. The molecule has 2 heterocycles.